The maximum absolute atomic E-state index is 11.4. The van der Waals surface area contributed by atoms with E-state index >= 15 is 0 Å². The standard InChI is InChI=1S/C13H19N3O3/c1-9-10(13(18)19-4)5-6-11(15-9)14-8-7-12(17)16(2)3/h5-6H,7-8H2,1-4H3,(H,14,15). The first-order chi connectivity index (χ1) is 8.95. The molecule has 6 nitrogen and oxygen atoms in total. The number of rotatable bonds is 5. The second-order valence-corrected chi connectivity index (χ2v) is 4.29. The molecule has 0 aliphatic carbocycles. The topological polar surface area (TPSA) is 71.5 Å². The number of carbonyl (C=O) groups excluding carboxylic acids is 2. The summed E-state index contributed by atoms with van der Waals surface area (Å²) in [5.41, 5.74) is 1.04. The summed E-state index contributed by atoms with van der Waals surface area (Å²) in [7, 11) is 4.77. The molecule has 1 amide bonds. The van der Waals surface area contributed by atoms with Crippen LogP contribution in [0, 0.1) is 6.92 Å². The summed E-state index contributed by atoms with van der Waals surface area (Å²) in [6.07, 6.45) is 0.395. The first-order valence-corrected chi connectivity index (χ1v) is 5.95. The van der Waals surface area contributed by atoms with Gasteiger partial charge in [0.25, 0.3) is 0 Å². The quantitative estimate of drug-likeness (QED) is 0.806. The van der Waals surface area contributed by atoms with E-state index in [-0.39, 0.29) is 5.91 Å². The van der Waals surface area contributed by atoms with Crippen molar-refractivity contribution in [3.63, 3.8) is 0 Å². The van der Waals surface area contributed by atoms with E-state index in [1.54, 1.807) is 38.1 Å². The van der Waals surface area contributed by atoms with Gasteiger partial charge in [0.1, 0.15) is 5.82 Å². The van der Waals surface area contributed by atoms with Gasteiger partial charge in [0.15, 0.2) is 0 Å². The van der Waals surface area contributed by atoms with E-state index in [0.717, 1.165) is 0 Å². The number of pyridine rings is 1. The van der Waals surface area contributed by atoms with Crippen molar-refractivity contribution in [3.8, 4) is 0 Å². The van der Waals surface area contributed by atoms with Crippen LogP contribution >= 0.6 is 0 Å². The van der Waals surface area contributed by atoms with Crippen LogP contribution in [-0.2, 0) is 9.53 Å². The minimum absolute atomic E-state index is 0.0513. The van der Waals surface area contributed by atoms with Crippen molar-refractivity contribution in [2.75, 3.05) is 33.1 Å². The Balaban J connectivity index is 2.59. The monoisotopic (exact) mass is 265 g/mol. The van der Waals surface area contributed by atoms with Crippen LogP contribution < -0.4 is 5.32 Å². The van der Waals surface area contributed by atoms with Gasteiger partial charge in [-0.2, -0.15) is 0 Å². The molecule has 0 spiro atoms. The highest BCUT2D eigenvalue weighted by atomic mass is 16.5. The molecule has 0 unspecified atom stereocenters. The van der Waals surface area contributed by atoms with Crippen molar-refractivity contribution in [3.05, 3.63) is 23.4 Å². The number of ether oxygens (including phenoxy) is 1. The Labute approximate surface area is 112 Å². The predicted molar refractivity (Wildman–Crippen MR) is 72.1 cm³/mol. The minimum Gasteiger partial charge on any atom is -0.465 e. The lowest BCUT2D eigenvalue weighted by atomic mass is 10.2. The van der Waals surface area contributed by atoms with Gasteiger partial charge in [-0.3, -0.25) is 4.79 Å². The zero-order valence-electron chi connectivity index (χ0n) is 11.7. The summed E-state index contributed by atoms with van der Waals surface area (Å²) >= 11 is 0. The molecule has 0 aliphatic rings. The largest absolute Gasteiger partial charge is 0.465 e. The van der Waals surface area contributed by atoms with Gasteiger partial charge in [-0.15, -0.1) is 0 Å². The Morgan fingerprint density at radius 1 is 1.37 bits per heavy atom. The second-order valence-electron chi connectivity index (χ2n) is 4.29. The fourth-order valence-electron chi connectivity index (χ4n) is 1.51. The van der Waals surface area contributed by atoms with E-state index in [1.165, 1.54) is 7.11 Å². The number of nitrogens with one attached hydrogen (secondary N) is 1. The molecule has 1 aromatic rings. The van der Waals surface area contributed by atoms with Gasteiger partial charge in [-0.25, -0.2) is 9.78 Å². The van der Waals surface area contributed by atoms with Crippen LogP contribution in [0.25, 0.3) is 0 Å². The maximum Gasteiger partial charge on any atom is 0.339 e. The smallest absolute Gasteiger partial charge is 0.339 e. The van der Waals surface area contributed by atoms with Crippen LogP contribution in [0.4, 0.5) is 5.82 Å². The van der Waals surface area contributed by atoms with E-state index in [0.29, 0.717) is 30.0 Å². The van der Waals surface area contributed by atoms with Crippen LogP contribution in [-0.4, -0.2) is 49.5 Å². The number of anilines is 1. The van der Waals surface area contributed by atoms with Crippen molar-refractivity contribution in [1.82, 2.24) is 9.88 Å². The number of aromatic nitrogens is 1. The third-order valence-electron chi connectivity index (χ3n) is 2.63. The highest BCUT2D eigenvalue weighted by Gasteiger charge is 2.10. The summed E-state index contributed by atoms with van der Waals surface area (Å²) in [6.45, 7) is 2.24. The SMILES string of the molecule is COC(=O)c1ccc(NCCC(=O)N(C)C)nc1C. The molecule has 104 valence electrons. The first-order valence-electron chi connectivity index (χ1n) is 5.95. The van der Waals surface area contributed by atoms with Crippen molar-refractivity contribution in [1.29, 1.82) is 0 Å². The molecule has 1 heterocycles. The summed E-state index contributed by atoms with van der Waals surface area (Å²) in [5, 5.41) is 3.04. The predicted octanol–water partition coefficient (Wildman–Crippen LogP) is 1.07. The summed E-state index contributed by atoms with van der Waals surface area (Å²) < 4.78 is 4.65. The third kappa shape index (κ3) is 4.24. The average molecular weight is 265 g/mol. The Morgan fingerprint density at radius 2 is 2.05 bits per heavy atom. The van der Waals surface area contributed by atoms with Crippen LogP contribution in [0.3, 0.4) is 0 Å². The average Bonchev–Trinajstić information content (AvgIpc) is 2.37. The molecule has 0 atom stereocenters. The first kappa shape index (κ1) is 14.9. The Hall–Kier alpha value is -2.11. The lowest BCUT2D eigenvalue weighted by molar-refractivity contribution is -0.128. The van der Waals surface area contributed by atoms with Gasteiger partial charge in [-0.1, -0.05) is 0 Å². The van der Waals surface area contributed by atoms with Gasteiger partial charge < -0.3 is 15.0 Å². The number of amides is 1. The van der Waals surface area contributed by atoms with Crippen molar-refractivity contribution in [2.45, 2.75) is 13.3 Å². The molecule has 0 saturated carbocycles. The van der Waals surface area contributed by atoms with E-state index in [2.05, 4.69) is 15.0 Å². The number of esters is 1. The number of methoxy groups -OCH3 is 1. The van der Waals surface area contributed by atoms with E-state index < -0.39 is 5.97 Å². The highest BCUT2D eigenvalue weighted by molar-refractivity contribution is 5.90. The molecule has 0 bridgehead atoms. The summed E-state index contributed by atoms with van der Waals surface area (Å²) in [5.74, 6) is 0.284. The molecule has 19 heavy (non-hydrogen) atoms. The van der Waals surface area contributed by atoms with E-state index in [4.69, 9.17) is 0 Å². The Kier molecular flexibility index (Phi) is 5.29. The molecule has 0 fully saturated rings. The molecular weight excluding hydrogens is 246 g/mol. The van der Waals surface area contributed by atoms with Crippen LogP contribution in [0.15, 0.2) is 12.1 Å². The van der Waals surface area contributed by atoms with Crippen molar-refractivity contribution >= 4 is 17.7 Å². The molecule has 1 rings (SSSR count). The molecule has 0 aromatic carbocycles. The number of carbonyl (C=O) groups is 2. The third-order valence-corrected chi connectivity index (χ3v) is 2.63. The van der Waals surface area contributed by atoms with E-state index in [9.17, 15) is 9.59 Å². The highest BCUT2D eigenvalue weighted by Crippen LogP contribution is 2.11. The minimum atomic E-state index is -0.403. The van der Waals surface area contributed by atoms with Gasteiger partial charge in [-0.05, 0) is 19.1 Å². The number of aryl methyl sites for hydroxylation is 1. The van der Waals surface area contributed by atoms with Gasteiger partial charge in [0.05, 0.1) is 18.4 Å². The molecule has 0 radical (unpaired) electrons. The molecule has 0 saturated heterocycles. The number of hydrogen-bond donors (Lipinski definition) is 1. The van der Waals surface area contributed by atoms with E-state index in [1.807, 2.05) is 0 Å². The van der Waals surface area contributed by atoms with Gasteiger partial charge >= 0.3 is 5.97 Å². The molecule has 6 heteroatoms. The van der Waals surface area contributed by atoms with Crippen LogP contribution in [0.2, 0.25) is 0 Å². The fourth-order valence-corrected chi connectivity index (χ4v) is 1.51. The molecule has 1 N–H and O–H groups in total. The zero-order valence-corrected chi connectivity index (χ0v) is 11.7. The number of hydrogen-bond acceptors (Lipinski definition) is 5. The fraction of sp³-hybridized carbons (Fsp3) is 0.462. The lowest BCUT2D eigenvalue weighted by Gasteiger charge is -2.11. The van der Waals surface area contributed by atoms with Crippen molar-refractivity contribution in [2.24, 2.45) is 0 Å². The van der Waals surface area contributed by atoms with Gasteiger partial charge in [0.2, 0.25) is 5.91 Å². The maximum atomic E-state index is 11.4. The molecule has 1 aromatic heterocycles. The lowest BCUT2D eigenvalue weighted by Crippen LogP contribution is -2.24. The summed E-state index contributed by atoms with van der Waals surface area (Å²) in [4.78, 5) is 28.6. The second kappa shape index (κ2) is 6.72. The van der Waals surface area contributed by atoms with Gasteiger partial charge in [0, 0.05) is 27.1 Å². The number of nitrogens with zero attached hydrogens (tertiary/aromatic N) is 2. The van der Waals surface area contributed by atoms with Crippen LogP contribution in [0.1, 0.15) is 22.5 Å². The van der Waals surface area contributed by atoms with Crippen molar-refractivity contribution < 1.29 is 14.3 Å². The Morgan fingerprint density at radius 3 is 2.58 bits per heavy atom. The zero-order chi connectivity index (χ0) is 14.4. The Bertz CT molecular complexity index is 472. The molecule has 0 aliphatic heterocycles. The normalized spacial score (nSPS) is 9.89. The molecular formula is C13H19N3O3. The van der Waals surface area contributed by atoms with Crippen LogP contribution in [0.5, 0.6) is 0 Å². The summed E-state index contributed by atoms with van der Waals surface area (Å²) in [6, 6.07) is 3.35.